The largest absolute Gasteiger partial charge is 0.481 e. The lowest BCUT2D eigenvalue weighted by Crippen LogP contribution is -2.19. The van der Waals surface area contributed by atoms with E-state index in [1.807, 2.05) is 0 Å². The molecule has 0 aliphatic rings. The lowest BCUT2D eigenvalue weighted by molar-refractivity contribution is -0.389. The summed E-state index contributed by atoms with van der Waals surface area (Å²) in [6.45, 7) is 1.49. The van der Waals surface area contributed by atoms with Gasteiger partial charge in [-0.05, 0) is 34.0 Å². The number of nitro groups is 1. The Morgan fingerprint density at radius 1 is 1.33 bits per heavy atom. The summed E-state index contributed by atoms with van der Waals surface area (Å²) >= 11 is 0. The highest BCUT2D eigenvalue weighted by molar-refractivity contribution is 5.90. The van der Waals surface area contributed by atoms with Gasteiger partial charge in [-0.2, -0.15) is 0 Å². The minimum absolute atomic E-state index is 0.0460. The quantitative estimate of drug-likeness (QED) is 0.587. The molecule has 0 aliphatic carbocycles. The Bertz CT molecular complexity index is 767. The number of benzene rings is 1. The summed E-state index contributed by atoms with van der Waals surface area (Å²) in [5.74, 6) is -1.13. The molecule has 9 heteroatoms. The molecule has 0 radical (unpaired) electrons. The predicted molar refractivity (Wildman–Crippen MR) is 84.6 cm³/mol. The number of anilines is 1. The Morgan fingerprint density at radius 2 is 2.00 bits per heavy atom. The van der Waals surface area contributed by atoms with Gasteiger partial charge >= 0.3 is 11.8 Å². The van der Waals surface area contributed by atoms with Crippen LogP contribution < -0.4 is 5.32 Å². The van der Waals surface area contributed by atoms with E-state index in [0.29, 0.717) is 17.9 Å². The molecule has 0 spiro atoms. The van der Waals surface area contributed by atoms with E-state index in [1.54, 1.807) is 31.2 Å². The molecule has 0 bridgehead atoms. The molecule has 0 saturated carbocycles. The minimum Gasteiger partial charge on any atom is -0.481 e. The highest BCUT2D eigenvalue weighted by Gasteiger charge is 2.16. The molecular weight excluding hydrogens is 316 g/mol. The second-order valence-corrected chi connectivity index (χ2v) is 5.17. The number of imidazole rings is 1. The van der Waals surface area contributed by atoms with Gasteiger partial charge < -0.3 is 20.5 Å². The first kappa shape index (κ1) is 17.1. The molecule has 9 nitrogen and oxygen atoms in total. The maximum atomic E-state index is 12.0. The van der Waals surface area contributed by atoms with E-state index in [9.17, 15) is 19.7 Å². The van der Waals surface area contributed by atoms with Gasteiger partial charge in [0.2, 0.25) is 11.7 Å². The fourth-order valence-corrected chi connectivity index (χ4v) is 2.10. The van der Waals surface area contributed by atoms with Gasteiger partial charge in [-0.1, -0.05) is 12.1 Å². The SMILES string of the molecule is Cc1nc([N+](=O)[O-])cn1CC(=O)Nc1ccc(CCC(=O)O)cc1. The molecule has 24 heavy (non-hydrogen) atoms. The van der Waals surface area contributed by atoms with Gasteiger partial charge in [-0.25, -0.2) is 0 Å². The molecule has 2 N–H and O–H groups in total. The number of hydrogen-bond donors (Lipinski definition) is 2. The summed E-state index contributed by atoms with van der Waals surface area (Å²) < 4.78 is 1.40. The van der Waals surface area contributed by atoms with Gasteiger partial charge in [0.15, 0.2) is 0 Å². The van der Waals surface area contributed by atoms with Crippen LogP contribution in [0.3, 0.4) is 0 Å². The molecule has 126 valence electrons. The Kier molecular flexibility index (Phi) is 5.25. The third-order valence-electron chi connectivity index (χ3n) is 3.33. The number of aliphatic carboxylic acids is 1. The zero-order valence-corrected chi connectivity index (χ0v) is 12.9. The smallest absolute Gasteiger partial charge is 0.381 e. The topological polar surface area (TPSA) is 127 Å². The average molecular weight is 332 g/mol. The van der Waals surface area contributed by atoms with Crippen molar-refractivity contribution in [1.82, 2.24) is 9.55 Å². The molecular formula is C15H16N4O5. The third kappa shape index (κ3) is 4.63. The van der Waals surface area contributed by atoms with Crippen LogP contribution in [0.2, 0.25) is 0 Å². The molecule has 1 aromatic heterocycles. The van der Waals surface area contributed by atoms with Crippen molar-refractivity contribution >= 4 is 23.4 Å². The molecule has 0 fully saturated rings. The lowest BCUT2D eigenvalue weighted by Gasteiger charge is -2.07. The number of amides is 1. The van der Waals surface area contributed by atoms with Gasteiger partial charge in [0.05, 0.1) is 0 Å². The van der Waals surface area contributed by atoms with Crippen LogP contribution in [0.4, 0.5) is 11.5 Å². The molecule has 2 aromatic rings. The summed E-state index contributed by atoms with van der Waals surface area (Å²) in [7, 11) is 0. The third-order valence-corrected chi connectivity index (χ3v) is 3.33. The van der Waals surface area contributed by atoms with Crippen molar-refractivity contribution in [2.24, 2.45) is 0 Å². The van der Waals surface area contributed by atoms with Crippen LogP contribution in [0.15, 0.2) is 30.5 Å². The first-order valence-corrected chi connectivity index (χ1v) is 7.14. The highest BCUT2D eigenvalue weighted by Crippen LogP contribution is 2.13. The summed E-state index contributed by atoms with van der Waals surface area (Å²) in [5.41, 5.74) is 1.42. The zero-order valence-electron chi connectivity index (χ0n) is 12.9. The van der Waals surface area contributed by atoms with E-state index in [4.69, 9.17) is 5.11 Å². The van der Waals surface area contributed by atoms with Crippen LogP contribution in [0, 0.1) is 17.0 Å². The molecule has 0 atom stereocenters. The van der Waals surface area contributed by atoms with Crippen LogP contribution in [0.5, 0.6) is 0 Å². The van der Waals surface area contributed by atoms with E-state index in [-0.39, 0.29) is 24.7 Å². The van der Waals surface area contributed by atoms with Crippen molar-refractivity contribution in [2.75, 3.05) is 5.32 Å². The molecule has 2 rings (SSSR count). The van der Waals surface area contributed by atoms with E-state index in [0.717, 1.165) is 5.56 Å². The van der Waals surface area contributed by atoms with Crippen LogP contribution in [-0.2, 0) is 22.6 Å². The number of nitrogens with zero attached hydrogens (tertiary/aromatic N) is 3. The number of rotatable bonds is 7. The van der Waals surface area contributed by atoms with Crippen LogP contribution in [0.25, 0.3) is 0 Å². The van der Waals surface area contributed by atoms with Gasteiger partial charge in [0, 0.05) is 19.0 Å². The number of carboxylic acid groups (broad SMARTS) is 1. The van der Waals surface area contributed by atoms with Crippen LogP contribution in [0.1, 0.15) is 17.8 Å². The fourth-order valence-electron chi connectivity index (χ4n) is 2.10. The summed E-state index contributed by atoms with van der Waals surface area (Å²) in [5, 5.41) is 22.0. The van der Waals surface area contributed by atoms with Gasteiger partial charge in [0.25, 0.3) is 0 Å². The number of carboxylic acids is 1. The Labute approximate surface area is 137 Å². The number of aromatic nitrogens is 2. The molecule has 1 heterocycles. The van der Waals surface area contributed by atoms with Crippen molar-refractivity contribution in [2.45, 2.75) is 26.3 Å². The van der Waals surface area contributed by atoms with E-state index in [1.165, 1.54) is 10.8 Å². The molecule has 0 unspecified atom stereocenters. The maximum absolute atomic E-state index is 12.0. The molecule has 1 amide bonds. The van der Waals surface area contributed by atoms with Gasteiger partial charge in [0.1, 0.15) is 12.7 Å². The van der Waals surface area contributed by atoms with Crippen molar-refractivity contribution in [3.05, 3.63) is 52.0 Å². The summed E-state index contributed by atoms with van der Waals surface area (Å²) in [6.07, 6.45) is 1.68. The minimum atomic E-state index is -0.864. The number of carbonyl (C=O) groups is 2. The second kappa shape index (κ2) is 7.36. The molecule has 1 aromatic carbocycles. The summed E-state index contributed by atoms with van der Waals surface area (Å²) in [4.78, 5) is 36.3. The number of nitrogens with one attached hydrogen (secondary N) is 1. The first-order valence-electron chi connectivity index (χ1n) is 7.14. The van der Waals surface area contributed by atoms with Crippen molar-refractivity contribution in [1.29, 1.82) is 0 Å². The molecule has 0 saturated heterocycles. The maximum Gasteiger partial charge on any atom is 0.381 e. The van der Waals surface area contributed by atoms with Gasteiger partial charge in [-0.15, -0.1) is 0 Å². The number of carbonyl (C=O) groups excluding carboxylic acids is 1. The number of hydrogen-bond acceptors (Lipinski definition) is 5. The normalized spacial score (nSPS) is 10.4. The van der Waals surface area contributed by atoms with Gasteiger partial charge in [-0.3, -0.25) is 14.2 Å². The Hall–Kier alpha value is -3.23. The average Bonchev–Trinajstić information content (AvgIpc) is 2.88. The standard InChI is InChI=1S/C15H16N4O5/c1-10-16-13(19(23)24)8-18(10)9-14(20)17-12-5-2-11(3-6-12)4-7-15(21)22/h2-3,5-6,8H,4,7,9H2,1H3,(H,17,20)(H,21,22). The Balaban J connectivity index is 1.94. The predicted octanol–water partition coefficient (Wildman–Crippen LogP) is 1.76. The zero-order chi connectivity index (χ0) is 17.7. The lowest BCUT2D eigenvalue weighted by atomic mass is 10.1. The van der Waals surface area contributed by atoms with Crippen LogP contribution >= 0.6 is 0 Å². The van der Waals surface area contributed by atoms with E-state index in [2.05, 4.69) is 10.3 Å². The number of aryl methyl sites for hydroxylation is 2. The monoisotopic (exact) mass is 332 g/mol. The highest BCUT2D eigenvalue weighted by atomic mass is 16.6. The Morgan fingerprint density at radius 3 is 2.54 bits per heavy atom. The molecule has 0 aliphatic heterocycles. The van der Waals surface area contributed by atoms with E-state index < -0.39 is 10.9 Å². The second-order valence-electron chi connectivity index (χ2n) is 5.17. The van der Waals surface area contributed by atoms with Crippen LogP contribution in [-0.4, -0.2) is 31.5 Å². The van der Waals surface area contributed by atoms with Crippen molar-refractivity contribution < 1.29 is 19.6 Å². The van der Waals surface area contributed by atoms with E-state index >= 15 is 0 Å². The first-order chi connectivity index (χ1) is 11.3. The van der Waals surface area contributed by atoms with Crippen molar-refractivity contribution in [3.8, 4) is 0 Å². The van der Waals surface area contributed by atoms with Crippen molar-refractivity contribution in [3.63, 3.8) is 0 Å². The fraction of sp³-hybridized carbons (Fsp3) is 0.267. The summed E-state index contributed by atoms with van der Waals surface area (Å²) in [6, 6.07) is 6.84.